The summed E-state index contributed by atoms with van der Waals surface area (Å²) in [5.41, 5.74) is 9.32. The first-order valence-corrected chi connectivity index (χ1v) is 6.49. The number of hydrogen-bond acceptors (Lipinski definition) is 3. The number of benzene rings is 2. The maximum atomic E-state index is 8.91. The molecular weight excluding hydrogens is 274 g/mol. The number of oxime groups is 1. The van der Waals surface area contributed by atoms with Crippen LogP contribution in [0, 0.1) is 6.92 Å². The van der Waals surface area contributed by atoms with Crippen LogP contribution < -0.4 is 10.6 Å². The van der Waals surface area contributed by atoms with Crippen molar-refractivity contribution in [2.24, 2.45) is 10.9 Å². The van der Waals surface area contributed by atoms with Gasteiger partial charge in [0.05, 0.1) is 5.69 Å². The van der Waals surface area contributed by atoms with Crippen molar-refractivity contribution in [1.29, 1.82) is 0 Å². The zero-order chi connectivity index (χ0) is 14.7. The van der Waals surface area contributed by atoms with Crippen LogP contribution in [-0.4, -0.2) is 18.1 Å². The molecule has 0 radical (unpaired) electrons. The molecule has 0 fully saturated rings. The van der Waals surface area contributed by atoms with Crippen molar-refractivity contribution >= 4 is 28.8 Å². The highest BCUT2D eigenvalue weighted by atomic mass is 35.5. The number of amidine groups is 1. The molecule has 3 N–H and O–H groups in total. The average molecular weight is 290 g/mol. The van der Waals surface area contributed by atoms with Crippen LogP contribution in [0.1, 0.15) is 11.1 Å². The van der Waals surface area contributed by atoms with Crippen LogP contribution >= 0.6 is 11.6 Å². The Kier molecular flexibility index (Phi) is 4.15. The van der Waals surface area contributed by atoms with E-state index in [1.54, 1.807) is 12.1 Å². The Morgan fingerprint density at radius 1 is 1.20 bits per heavy atom. The van der Waals surface area contributed by atoms with Crippen LogP contribution in [0.2, 0.25) is 5.02 Å². The second kappa shape index (κ2) is 5.84. The fourth-order valence-corrected chi connectivity index (χ4v) is 2.30. The molecule has 0 aliphatic carbocycles. The van der Waals surface area contributed by atoms with Crippen LogP contribution in [0.4, 0.5) is 11.4 Å². The minimum atomic E-state index is 0.0305. The summed E-state index contributed by atoms with van der Waals surface area (Å²) in [6.07, 6.45) is 0. The van der Waals surface area contributed by atoms with E-state index in [0.29, 0.717) is 10.6 Å². The second-order valence-electron chi connectivity index (χ2n) is 4.49. The summed E-state index contributed by atoms with van der Waals surface area (Å²) in [4.78, 5) is 1.99. The zero-order valence-corrected chi connectivity index (χ0v) is 12.1. The number of rotatable bonds is 3. The lowest BCUT2D eigenvalue weighted by atomic mass is 10.1. The molecule has 0 heterocycles. The summed E-state index contributed by atoms with van der Waals surface area (Å²) < 4.78 is 0. The number of aryl methyl sites for hydroxylation is 1. The maximum absolute atomic E-state index is 8.91. The summed E-state index contributed by atoms with van der Waals surface area (Å²) in [7, 11) is 1.93. The first kappa shape index (κ1) is 14.2. The number of halogens is 1. The van der Waals surface area contributed by atoms with Crippen molar-refractivity contribution in [2.75, 3.05) is 11.9 Å². The van der Waals surface area contributed by atoms with E-state index < -0.39 is 0 Å². The smallest absolute Gasteiger partial charge is 0.172 e. The first-order chi connectivity index (χ1) is 9.54. The van der Waals surface area contributed by atoms with Crippen molar-refractivity contribution in [3.63, 3.8) is 0 Å². The zero-order valence-electron chi connectivity index (χ0n) is 11.3. The third-order valence-electron chi connectivity index (χ3n) is 3.18. The van der Waals surface area contributed by atoms with Crippen LogP contribution in [0.3, 0.4) is 0 Å². The van der Waals surface area contributed by atoms with E-state index in [1.807, 2.05) is 49.2 Å². The van der Waals surface area contributed by atoms with Gasteiger partial charge in [-0.2, -0.15) is 0 Å². The minimum Gasteiger partial charge on any atom is -0.409 e. The van der Waals surface area contributed by atoms with E-state index in [0.717, 1.165) is 16.9 Å². The minimum absolute atomic E-state index is 0.0305. The van der Waals surface area contributed by atoms with Crippen LogP contribution in [0.15, 0.2) is 47.6 Å². The molecule has 104 valence electrons. The molecular formula is C15H16ClN3O. The predicted molar refractivity (Wildman–Crippen MR) is 83.2 cm³/mol. The number of nitrogens with two attached hydrogens (primary N) is 1. The van der Waals surface area contributed by atoms with E-state index in [9.17, 15) is 0 Å². The predicted octanol–water partition coefficient (Wildman–Crippen LogP) is 3.51. The normalized spacial score (nSPS) is 11.4. The standard InChI is InChI=1S/C15H16ClN3O/c1-10-5-3-4-6-13(10)19(2)14-8-7-11(16)9-12(14)15(17)18-20/h3-9,20H,1-2H3,(H2,17,18). The summed E-state index contributed by atoms with van der Waals surface area (Å²) in [5, 5.41) is 12.5. The highest BCUT2D eigenvalue weighted by Gasteiger charge is 2.14. The van der Waals surface area contributed by atoms with Crippen molar-refractivity contribution in [1.82, 2.24) is 0 Å². The van der Waals surface area contributed by atoms with Gasteiger partial charge in [-0.05, 0) is 36.8 Å². The Balaban J connectivity index is 2.55. The molecule has 2 rings (SSSR count). The van der Waals surface area contributed by atoms with Crippen LogP contribution in [0.25, 0.3) is 0 Å². The molecule has 0 saturated heterocycles. The largest absolute Gasteiger partial charge is 0.409 e. The fourth-order valence-electron chi connectivity index (χ4n) is 2.13. The van der Waals surface area contributed by atoms with Gasteiger partial charge in [-0.25, -0.2) is 0 Å². The molecule has 0 unspecified atom stereocenters. The van der Waals surface area contributed by atoms with Gasteiger partial charge in [-0.1, -0.05) is 35.0 Å². The molecule has 0 amide bonds. The summed E-state index contributed by atoms with van der Waals surface area (Å²) in [6.45, 7) is 2.03. The van der Waals surface area contributed by atoms with Gasteiger partial charge in [0.2, 0.25) is 0 Å². The third kappa shape index (κ3) is 2.70. The first-order valence-electron chi connectivity index (χ1n) is 6.11. The molecule has 0 saturated carbocycles. The average Bonchev–Trinajstić information content (AvgIpc) is 2.46. The molecule has 4 nitrogen and oxygen atoms in total. The van der Waals surface area contributed by atoms with Crippen LogP contribution in [-0.2, 0) is 0 Å². The monoisotopic (exact) mass is 289 g/mol. The van der Waals surface area contributed by atoms with E-state index in [1.165, 1.54) is 0 Å². The molecule has 0 aliphatic heterocycles. The van der Waals surface area contributed by atoms with E-state index in [4.69, 9.17) is 22.5 Å². The lowest BCUT2D eigenvalue weighted by Crippen LogP contribution is -2.20. The SMILES string of the molecule is Cc1ccccc1N(C)c1ccc(Cl)cc1C(N)=NO. The maximum Gasteiger partial charge on any atom is 0.172 e. The molecule has 5 heteroatoms. The van der Waals surface area contributed by atoms with Crippen molar-refractivity contribution in [2.45, 2.75) is 6.92 Å². The molecule has 0 atom stereocenters. The summed E-state index contributed by atoms with van der Waals surface area (Å²) >= 11 is 5.99. The second-order valence-corrected chi connectivity index (χ2v) is 4.93. The van der Waals surface area contributed by atoms with Gasteiger partial charge in [0, 0.05) is 23.3 Å². The number of para-hydroxylation sites is 1. The van der Waals surface area contributed by atoms with Gasteiger partial charge in [0.15, 0.2) is 5.84 Å². The fraction of sp³-hybridized carbons (Fsp3) is 0.133. The van der Waals surface area contributed by atoms with Gasteiger partial charge >= 0.3 is 0 Å². The van der Waals surface area contributed by atoms with Gasteiger partial charge in [0.25, 0.3) is 0 Å². The molecule has 2 aromatic rings. The quantitative estimate of drug-likeness (QED) is 0.393. The van der Waals surface area contributed by atoms with Gasteiger partial charge < -0.3 is 15.8 Å². The highest BCUT2D eigenvalue weighted by Crippen LogP contribution is 2.30. The van der Waals surface area contributed by atoms with Gasteiger partial charge in [-0.3, -0.25) is 0 Å². The Labute approximate surface area is 123 Å². The van der Waals surface area contributed by atoms with Gasteiger partial charge in [0.1, 0.15) is 0 Å². The van der Waals surface area contributed by atoms with Crippen molar-refractivity contribution < 1.29 is 5.21 Å². The topological polar surface area (TPSA) is 61.8 Å². The summed E-state index contributed by atoms with van der Waals surface area (Å²) in [6, 6.07) is 13.3. The number of nitrogens with zero attached hydrogens (tertiary/aromatic N) is 2. The molecule has 2 aromatic carbocycles. The Morgan fingerprint density at radius 3 is 2.55 bits per heavy atom. The summed E-state index contributed by atoms with van der Waals surface area (Å²) in [5.74, 6) is 0.0305. The van der Waals surface area contributed by atoms with E-state index in [2.05, 4.69) is 5.16 Å². The van der Waals surface area contributed by atoms with E-state index in [-0.39, 0.29) is 5.84 Å². The van der Waals surface area contributed by atoms with Crippen molar-refractivity contribution in [3.8, 4) is 0 Å². The lowest BCUT2D eigenvalue weighted by Gasteiger charge is -2.24. The molecule has 20 heavy (non-hydrogen) atoms. The number of anilines is 2. The Bertz CT molecular complexity index is 655. The van der Waals surface area contributed by atoms with Crippen LogP contribution in [0.5, 0.6) is 0 Å². The Hall–Kier alpha value is -2.20. The highest BCUT2D eigenvalue weighted by molar-refractivity contribution is 6.31. The molecule has 0 aliphatic rings. The van der Waals surface area contributed by atoms with E-state index >= 15 is 0 Å². The lowest BCUT2D eigenvalue weighted by molar-refractivity contribution is 0.318. The Morgan fingerprint density at radius 2 is 1.90 bits per heavy atom. The molecule has 0 aromatic heterocycles. The van der Waals surface area contributed by atoms with Crippen molar-refractivity contribution in [3.05, 3.63) is 58.6 Å². The van der Waals surface area contributed by atoms with Gasteiger partial charge in [-0.15, -0.1) is 0 Å². The molecule has 0 bridgehead atoms. The number of hydrogen-bond donors (Lipinski definition) is 2. The third-order valence-corrected chi connectivity index (χ3v) is 3.42. The molecule has 0 spiro atoms.